The Morgan fingerprint density at radius 1 is 1.35 bits per heavy atom. The number of carbonyl (C=O) groups excluding carboxylic acids is 1. The lowest BCUT2D eigenvalue weighted by molar-refractivity contribution is 0.103. The molecule has 2 rings (SSSR count). The number of nitrogens with two attached hydrogens (primary N) is 1. The van der Waals surface area contributed by atoms with Crippen molar-refractivity contribution in [1.82, 2.24) is 0 Å². The van der Waals surface area contributed by atoms with Crippen LogP contribution in [0, 0.1) is 11.8 Å². The van der Waals surface area contributed by atoms with E-state index in [0.29, 0.717) is 11.4 Å². The van der Waals surface area contributed by atoms with Gasteiger partial charge in [0.25, 0.3) is 5.91 Å². The topological polar surface area (TPSA) is 55.1 Å². The molecule has 102 valence electrons. The smallest absolute Gasteiger partial charge is 0.265 e. The van der Waals surface area contributed by atoms with Gasteiger partial charge in [-0.15, -0.1) is 23.1 Å². The summed E-state index contributed by atoms with van der Waals surface area (Å²) in [6.45, 7) is 0.320. The summed E-state index contributed by atoms with van der Waals surface area (Å²) >= 11 is 2.97. The third kappa shape index (κ3) is 3.64. The summed E-state index contributed by atoms with van der Waals surface area (Å²) in [4.78, 5) is 14.7. The third-order valence-electron chi connectivity index (χ3n) is 2.50. The number of thiophene rings is 1. The molecule has 0 saturated heterocycles. The van der Waals surface area contributed by atoms with Gasteiger partial charge in [-0.05, 0) is 30.5 Å². The minimum absolute atomic E-state index is 0.114. The number of nitrogens with one attached hydrogen (secondary N) is 1. The average molecular weight is 302 g/mol. The predicted octanol–water partition coefficient (Wildman–Crippen LogP) is 3.03. The second-order valence-corrected chi connectivity index (χ2v) is 5.76. The third-order valence-corrected chi connectivity index (χ3v) is 4.29. The Balaban J connectivity index is 2.14. The first-order chi connectivity index (χ1) is 9.74. The van der Waals surface area contributed by atoms with Gasteiger partial charge < -0.3 is 11.1 Å². The molecule has 1 aromatic carbocycles. The van der Waals surface area contributed by atoms with Crippen molar-refractivity contribution in [1.29, 1.82) is 0 Å². The van der Waals surface area contributed by atoms with E-state index in [1.54, 1.807) is 17.8 Å². The van der Waals surface area contributed by atoms with Crippen LogP contribution in [0.3, 0.4) is 0 Å². The van der Waals surface area contributed by atoms with Gasteiger partial charge in [0.05, 0.1) is 22.0 Å². The molecule has 0 spiro atoms. The molecule has 0 fully saturated rings. The van der Waals surface area contributed by atoms with Crippen LogP contribution in [0.1, 0.15) is 14.5 Å². The summed E-state index contributed by atoms with van der Waals surface area (Å²) in [7, 11) is 0. The number of hydrogen-bond acceptors (Lipinski definition) is 4. The van der Waals surface area contributed by atoms with Crippen LogP contribution in [0.4, 0.5) is 5.69 Å². The van der Waals surface area contributed by atoms with Gasteiger partial charge in [-0.25, -0.2) is 0 Å². The van der Waals surface area contributed by atoms with Gasteiger partial charge in [-0.3, -0.25) is 4.79 Å². The summed E-state index contributed by atoms with van der Waals surface area (Å²) in [6, 6.07) is 11.3. The lowest BCUT2D eigenvalue weighted by Crippen LogP contribution is -2.10. The summed E-state index contributed by atoms with van der Waals surface area (Å²) in [6.07, 6.45) is 1.98. The van der Waals surface area contributed by atoms with E-state index in [2.05, 4.69) is 17.2 Å². The number of thioether (sulfide) groups is 1. The Kier molecular flexibility index (Phi) is 5.24. The fourth-order valence-corrected chi connectivity index (χ4v) is 2.93. The Morgan fingerprint density at radius 3 is 2.90 bits per heavy atom. The molecule has 0 radical (unpaired) electrons. The van der Waals surface area contributed by atoms with Gasteiger partial charge >= 0.3 is 0 Å². The number of hydrogen-bond donors (Lipinski definition) is 2. The fraction of sp³-hybridized carbons (Fsp3) is 0.133. The molecule has 20 heavy (non-hydrogen) atoms. The molecular weight excluding hydrogens is 288 g/mol. The SMILES string of the molecule is CSc1ccccc1NC(=O)c1ccc(C#CCN)s1. The van der Waals surface area contributed by atoms with E-state index in [9.17, 15) is 4.79 Å². The van der Waals surface area contributed by atoms with Crippen LogP contribution < -0.4 is 11.1 Å². The van der Waals surface area contributed by atoms with E-state index < -0.39 is 0 Å². The van der Waals surface area contributed by atoms with Crippen LogP contribution >= 0.6 is 23.1 Å². The first kappa shape index (κ1) is 14.7. The standard InChI is InChI=1S/C15H14N2OS2/c1-19-13-7-3-2-6-12(13)17-15(18)14-9-8-11(20-14)5-4-10-16/h2-3,6-9H,10,16H2,1H3,(H,17,18). The van der Waals surface area contributed by atoms with Gasteiger partial charge in [0.2, 0.25) is 0 Å². The molecule has 0 saturated carbocycles. The molecular formula is C15H14N2OS2. The number of amides is 1. The zero-order valence-corrected chi connectivity index (χ0v) is 12.6. The van der Waals surface area contributed by atoms with Crippen molar-refractivity contribution in [2.75, 3.05) is 18.1 Å². The number of para-hydroxylation sites is 1. The van der Waals surface area contributed by atoms with Gasteiger partial charge in [-0.2, -0.15) is 0 Å². The fourth-order valence-electron chi connectivity index (χ4n) is 1.60. The van der Waals surface area contributed by atoms with E-state index in [1.807, 2.05) is 36.6 Å². The molecule has 3 nitrogen and oxygen atoms in total. The van der Waals surface area contributed by atoms with Gasteiger partial charge in [0.15, 0.2) is 0 Å². The van der Waals surface area contributed by atoms with Crippen LogP contribution in [0.5, 0.6) is 0 Å². The summed E-state index contributed by atoms with van der Waals surface area (Å²) < 4.78 is 0. The van der Waals surface area contributed by atoms with Crippen molar-refractivity contribution in [2.24, 2.45) is 5.73 Å². The largest absolute Gasteiger partial charge is 0.320 e. The van der Waals surface area contributed by atoms with E-state index in [4.69, 9.17) is 5.73 Å². The minimum Gasteiger partial charge on any atom is -0.320 e. The average Bonchev–Trinajstić information content (AvgIpc) is 2.94. The number of rotatable bonds is 3. The predicted molar refractivity (Wildman–Crippen MR) is 86.4 cm³/mol. The number of benzene rings is 1. The highest BCUT2D eigenvalue weighted by Crippen LogP contribution is 2.26. The van der Waals surface area contributed by atoms with Crippen molar-refractivity contribution >= 4 is 34.7 Å². The highest BCUT2D eigenvalue weighted by Gasteiger charge is 2.10. The zero-order chi connectivity index (χ0) is 14.4. The van der Waals surface area contributed by atoms with Crippen molar-refractivity contribution < 1.29 is 4.79 Å². The summed E-state index contributed by atoms with van der Waals surface area (Å²) in [5.74, 6) is 5.59. The van der Waals surface area contributed by atoms with Crippen LogP contribution in [0.25, 0.3) is 0 Å². The molecule has 1 amide bonds. The first-order valence-corrected chi connectivity index (χ1v) is 8.02. The quantitative estimate of drug-likeness (QED) is 0.677. The Morgan fingerprint density at radius 2 is 2.15 bits per heavy atom. The molecule has 0 aliphatic heterocycles. The molecule has 0 bridgehead atoms. The lowest BCUT2D eigenvalue weighted by atomic mass is 10.3. The van der Waals surface area contributed by atoms with Gasteiger partial charge in [0.1, 0.15) is 0 Å². The second-order valence-electron chi connectivity index (χ2n) is 3.82. The molecule has 0 aliphatic rings. The maximum absolute atomic E-state index is 12.2. The van der Waals surface area contributed by atoms with Crippen LogP contribution in [0.15, 0.2) is 41.3 Å². The van der Waals surface area contributed by atoms with Gasteiger partial charge in [-0.1, -0.05) is 24.0 Å². The number of anilines is 1. The Hall–Kier alpha value is -1.74. The summed E-state index contributed by atoms with van der Waals surface area (Å²) in [5, 5.41) is 2.92. The minimum atomic E-state index is -0.114. The van der Waals surface area contributed by atoms with Crippen molar-refractivity contribution in [2.45, 2.75) is 4.90 Å². The van der Waals surface area contributed by atoms with Crippen molar-refractivity contribution in [3.05, 3.63) is 46.2 Å². The second kappa shape index (κ2) is 7.15. The van der Waals surface area contributed by atoms with Crippen LogP contribution in [-0.2, 0) is 0 Å². The van der Waals surface area contributed by atoms with Crippen molar-refractivity contribution in [3.63, 3.8) is 0 Å². The maximum Gasteiger partial charge on any atom is 0.265 e. The summed E-state index contributed by atoms with van der Waals surface area (Å²) in [5.41, 5.74) is 6.15. The van der Waals surface area contributed by atoms with E-state index in [1.165, 1.54) is 11.3 Å². The molecule has 3 N–H and O–H groups in total. The lowest BCUT2D eigenvalue weighted by Gasteiger charge is -2.07. The van der Waals surface area contributed by atoms with Crippen molar-refractivity contribution in [3.8, 4) is 11.8 Å². The van der Waals surface area contributed by atoms with Crippen LogP contribution in [-0.4, -0.2) is 18.7 Å². The van der Waals surface area contributed by atoms with E-state index >= 15 is 0 Å². The monoisotopic (exact) mass is 302 g/mol. The highest BCUT2D eigenvalue weighted by atomic mass is 32.2. The Bertz CT molecular complexity index is 668. The first-order valence-electron chi connectivity index (χ1n) is 5.97. The molecule has 1 aromatic heterocycles. The van der Waals surface area contributed by atoms with Crippen LogP contribution in [0.2, 0.25) is 0 Å². The molecule has 0 unspecified atom stereocenters. The molecule has 2 aromatic rings. The van der Waals surface area contributed by atoms with E-state index in [-0.39, 0.29) is 5.91 Å². The Labute approximate surface area is 126 Å². The molecule has 0 atom stereocenters. The molecule has 5 heteroatoms. The highest BCUT2D eigenvalue weighted by molar-refractivity contribution is 7.98. The normalized spacial score (nSPS) is 9.70. The van der Waals surface area contributed by atoms with Gasteiger partial charge in [0, 0.05) is 4.90 Å². The molecule has 1 heterocycles. The molecule has 0 aliphatic carbocycles. The maximum atomic E-state index is 12.2. The zero-order valence-electron chi connectivity index (χ0n) is 11.0. The van der Waals surface area contributed by atoms with E-state index in [0.717, 1.165) is 15.5 Å². The number of carbonyl (C=O) groups is 1.